The predicted molar refractivity (Wildman–Crippen MR) is 156 cm³/mol. The topological polar surface area (TPSA) is 63.2 Å². The lowest BCUT2D eigenvalue weighted by Crippen LogP contribution is -2.53. The Morgan fingerprint density at radius 1 is 0.842 bits per heavy atom. The molecule has 2 aliphatic rings. The fraction of sp³-hybridized carbons (Fsp3) is 0.312. The Morgan fingerprint density at radius 2 is 1.61 bits per heavy atom. The smallest absolute Gasteiger partial charge is 0.142 e. The van der Waals surface area contributed by atoms with Crippen molar-refractivity contribution < 1.29 is 0 Å². The zero-order valence-electron chi connectivity index (χ0n) is 22.1. The molecule has 0 bridgehead atoms. The van der Waals surface area contributed by atoms with Crippen LogP contribution in [0, 0.1) is 6.92 Å². The number of nitrogens with two attached hydrogens (primary N) is 1. The second kappa shape index (κ2) is 9.22. The van der Waals surface area contributed by atoms with Crippen molar-refractivity contribution in [3.8, 4) is 22.4 Å². The minimum Gasteiger partial charge on any atom is -0.398 e. The van der Waals surface area contributed by atoms with Crippen LogP contribution in [0.5, 0.6) is 0 Å². The minimum atomic E-state index is 0.453. The van der Waals surface area contributed by atoms with Crippen LogP contribution in [0.4, 0.5) is 5.69 Å². The van der Waals surface area contributed by atoms with Gasteiger partial charge in [-0.15, -0.1) is 0 Å². The van der Waals surface area contributed by atoms with Crippen LogP contribution >= 0.6 is 0 Å². The van der Waals surface area contributed by atoms with Gasteiger partial charge in [0.1, 0.15) is 5.65 Å². The molecule has 1 saturated heterocycles. The van der Waals surface area contributed by atoms with Gasteiger partial charge in [-0.2, -0.15) is 0 Å². The van der Waals surface area contributed by atoms with E-state index < -0.39 is 0 Å². The third kappa shape index (κ3) is 3.87. The van der Waals surface area contributed by atoms with Crippen LogP contribution in [0.1, 0.15) is 24.4 Å². The average Bonchev–Trinajstić information content (AvgIpc) is 3.30. The molecule has 1 aliphatic heterocycles. The molecule has 2 fully saturated rings. The van der Waals surface area contributed by atoms with Crippen molar-refractivity contribution in [2.75, 3.05) is 39.0 Å². The number of fused-ring (bicyclic) bond motifs is 2. The van der Waals surface area contributed by atoms with Crippen LogP contribution < -0.4 is 5.73 Å². The molecule has 6 nitrogen and oxygen atoms in total. The summed E-state index contributed by atoms with van der Waals surface area (Å²) in [5.41, 5.74) is 15.0. The Kier molecular flexibility index (Phi) is 5.68. The van der Waals surface area contributed by atoms with Crippen LogP contribution in [0.3, 0.4) is 0 Å². The lowest BCUT2D eigenvalue weighted by molar-refractivity contribution is 0.0450. The summed E-state index contributed by atoms with van der Waals surface area (Å²) in [7, 11) is 2.22. The summed E-state index contributed by atoms with van der Waals surface area (Å²) in [6.45, 7) is 6.85. The average molecular weight is 503 g/mol. The number of hydrogen-bond acceptors (Lipinski definition) is 5. The maximum absolute atomic E-state index is 6.61. The molecule has 0 atom stereocenters. The fourth-order valence-corrected chi connectivity index (χ4v) is 6.35. The van der Waals surface area contributed by atoms with Gasteiger partial charge in [-0.3, -0.25) is 4.90 Å². The SMILES string of the molecule is Cc1c(-c2cn(C3CC(N4CCN(C)CC4)C3)c3nccc(N)c23)ccc2ccc(-c3ccccc3)nc12. The van der Waals surface area contributed by atoms with E-state index in [4.69, 9.17) is 15.7 Å². The van der Waals surface area contributed by atoms with Crippen molar-refractivity contribution in [3.63, 3.8) is 0 Å². The van der Waals surface area contributed by atoms with Gasteiger partial charge in [0, 0.05) is 78.2 Å². The highest BCUT2D eigenvalue weighted by molar-refractivity contribution is 6.04. The third-order valence-corrected chi connectivity index (χ3v) is 8.76. The number of aromatic nitrogens is 3. The number of nitrogen functional groups attached to an aromatic ring is 1. The first-order chi connectivity index (χ1) is 18.6. The zero-order chi connectivity index (χ0) is 25.8. The lowest BCUT2D eigenvalue weighted by Gasteiger charge is -2.46. The van der Waals surface area contributed by atoms with E-state index in [2.05, 4.69) is 83.1 Å². The molecule has 192 valence electrons. The van der Waals surface area contributed by atoms with Crippen molar-refractivity contribution in [2.45, 2.75) is 31.8 Å². The molecule has 38 heavy (non-hydrogen) atoms. The summed E-state index contributed by atoms with van der Waals surface area (Å²) in [6.07, 6.45) is 6.48. The van der Waals surface area contributed by atoms with Gasteiger partial charge in [0.25, 0.3) is 0 Å². The van der Waals surface area contributed by atoms with Crippen LogP contribution in [-0.2, 0) is 0 Å². The summed E-state index contributed by atoms with van der Waals surface area (Å²) in [4.78, 5) is 15.0. The maximum atomic E-state index is 6.61. The highest BCUT2D eigenvalue weighted by Gasteiger charge is 2.37. The third-order valence-electron chi connectivity index (χ3n) is 8.76. The Labute approximate surface area is 223 Å². The van der Waals surface area contributed by atoms with Crippen LogP contribution in [0.15, 0.2) is 73.1 Å². The molecule has 1 saturated carbocycles. The van der Waals surface area contributed by atoms with E-state index in [-0.39, 0.29) is 0 Å². The van der Waals surface area contributed by atoms with Crippen LogP contribution in [-0.4, -0.2) is 63.6 Å². The van der Waals surface area contributed by atoms with E-state index in [1.54, 1.807) is 0 Å². The van der Waals surface area contributed by atoms with Gasteiger partial charge in [0.2, 0.25) is 0 Å². The summed E-state index contributed by atoms with van der Waals surface area (Å²) in [6, 6.07) is 22.1. The van der Waals surface area contributed by atoms with E-state index in [0.717, 1.165) is 57.5 Å². The summed E-state index contributed by atoms with van der Waals surface area (Å²) in [5.74, 6) is 0. The summed E-state index contributed by atoms with van der Waals surface area (Å²) < 4.78 is 2.39. The predicted octanol–water partition coefficient (Wildman–Crippen LogP) is 5.76. The summed E-state index contributed by atoms with van der Waals surface area (Å²) in [5, 5.41) is 2.20. The molecule has 0 radical (unpaired) electrons. The van der Waals surface area contributed by atoms with E-state index in [9.17, 15) is 0 Å². The maximum Gasteiger partial charge on any atom is 0.142 e. The molecule has 2 N–H and O–H groups in total. The first-order valence-electron chi connectivity index (χ1n) is 13.7. The van der Waals surface area contributed by atoms with E-state index in [1.165, 1.54) is 37.1 Å². The molecule has 3 aromatic heterocycles. The quantitative estimate of drug-likeness (QED) is 0.339. The van der Waals surface area contributed by atoms with Crippen molar-refractivity contribution in [1.82, 2.24) is 24.3 Å². The van der Waals surface area contributed by atoms with Crippen molar-refractivity contribution in [2.24, 2.45) is 0 Å². The van der Waals surface area contributed by atoms with Gasteiger partial charge in [-0.25, -0.2) is 9.97 Å². The Bertz CT molecular complexity index is 1620. The second-order valence-electron chi connectivity index (χ2n) is 11.0. The van der Waals surface area contributed by atoms with Gasteiger partial charge >= 0.3 is 0 Å². The largest absolute Gasteiger partial charge is 0.398 e. The number of benzene rings is 2. The number of aryl methyl sites for hydroxylation is 1. The standard InChI is InChI=1S/C32H34N6/c1-21-26(10-8-23-9-11-29(35-31(21)23)22-6-4-3-5-7-22)27-20-38(32-30(27)28(33)12-13-34-32)25-18-24(19-25)37-16-14-36(2)15-17-37/h3-13,20,24-25H,14-19H2,1-2H3,(H2,33,34). The minimum absolute atomic E-state index is 0.453. The monoisotopic (exact) mass is 502 g/mol. The Balaban J connectivity index is 1.28. The molecule has 0 spiro atoms. The van der Waals surface area contributed by atoms with Gasteiger partial charge < -0.3 is 15.2 Å². The fourth-order valence-electron chi connectivity index (χ4n) is 6.35. The Morgan fingerprint density at radius 3 is 2.39 bits per heavy atom. The molecule has 0 unspecified atom stereocenters. The number of piperazine rings is 1. The Hall–Kier alpha value is -3.74. The highest BCUT2D eigenvalue weighted by Crippen LogP contribution is 2.43. The van der Waals surface area contributed by atoms with Crippen molar-refractivity contribution in [1.29, 1.82) is 0 Å². The van der Waals surface area contributed by atoms with Gasteiger partial charge in [0.05, 0.1) is 11.2 Å². The van der Waals surface area contributed by atoms with Gasteiger partial charge in [-0.1, -0.05) is 48.5 Å². The van der Waals surface area contributed by atoms with E-state index >= 15 is 0 Å². The molecule has 6 heteroatoms. The molecule has 7 rings (SSSR count). The lowest BCUT2D eigenvalue weighted by atomic mass is 9.85. The molecular formula is C32H34N6. The van der Waals surface area contributed by atoms with Crippen molar-refractivity contribution in [3.05, 3.63) is 78.6 Å². The molecule has 2 aromatic carbocycles. The number of rotatable bonds is 4. The van der Waals surface area contributed by atoms with E-state index in [1.807, 2.05) is 18.3 Å². The van der Waals surface area contributed by atoms with Gasteiger partial charge in [0.15, 0.2) is 0 Å². The number of anilines is 1. The second-order valence-corrected chi connectivity index (χ2v) is 11.0. The molecule has 1 aliphatic carbocycles. The molecule has 0 amide bonds. The highest BCUT2D eigenvalue weighted by atomic mass is 15.3. The molecular weight excluding hydrogens is 468 g/mol. The number of likely N-dealkylation sites (N-methyl/N-ethyl adjacent to an activating group) is 1. The number of hydrogen-bond donors (Lipinski definition) is 1. The van der Waals surface area contributed by atoms with Crippen LogP contribution in [0.2, 0.25) is 0 Å². The number of nitrogens with zero attached hydrogens (tertiary/aromatic N) is 5. The van der Waals surface area contributed by atoms with Gasteiger partial charge in [-0.05, 0) is 50.1 Å². The van der Waals surface area contributed by atoms with Crippen LogP contribution in [0.25, 0.3) is 44.3 Å². The molecule has 4 heterocycles. The zero-order valence-corrected chi connectivity index (χ0v) is 22.1. The number of pyridine rings is 2. The van der Waals surface area contributed by atoms with E-state index in [0.29, 0.717) is 12.1 Å². The first kappa shape index (κ1) is 23.4. The normalized spacial score (nSPS) is 20.7. The van der Waals surface area contributed by atoms with Crippen molar-refractivity contribution >= 4 is 27.6 Å². The first-order valence-corrected chi connectivity index (χ1v) is 13.7. The molecule has 5 aromatic rings. The summed E-state index contributed by atoms with van der Waals surface area (Å²) >= 11 is 0.